The maximum atomic E-state index is 12.7. The van der Waals surface area contributed by atoms with E-state index in [1.807, 2.05) is 11.8 Å². The molecule has 2 heterocycles. The summed E-state index contributed by atoms with van der Waals surface area (Å²) in [7, 11) is 0. The Hall–Kier alpha value is -1.60. The molecule has 0 spiro atoms. The summed E-state index contributed by atoms with van der Waals surface area (Å²) in [4.78, 5) is 16.9. The Balaban J connectivity index is 1.48. The molecule has 2 aliphatic rings. The number of piperazine rings is 1. The van der Waals surface area contributed by atoms with Gasteiger partial charge in [-0.1, -0.05) is 19.1 Å². The zero-order valence-electron chi connectivity index (χ0n) is 15.7. The van der Waals surface area contributed by atoms with Gasteiger partial charge in [0, 0.05) is 51.9 Å². The number of carbonyl (C=O) groups is 1. The number of ether oxygens (including phenoxy) is 1. The van der Waals surface area contributed by atoms with Crippen molar-refractivity contribution < 1.29 is 22.7 Å². The second kappa shape index (κ2) is 8.61. The van der Waals surface area contributed by atoms with Gasteiger partial charge in [-0.3, -0.25) is 9.69 Å². The summed E-state index contributed by atoms with van der Waals surface area (Å²) >= 11 is 0. The third kappa shape index (κ3) is 5.23. The smallest absolute Gasteiger partial charge is 0.381 e. The first-order valence-electron chi connectivity index (χ1n) is 9.61. The number of amides is 1. The molecule has 2 saturated heterocycles. The number of halogens is 3. The van der Waals surface area contributed by atoms with Crippen LogP contribution in [-0.2, 0) is 15.7 Å². The van der Waals surface area contributed by atoms with Crippen LogP contribution in [0.1, 0.15) is 43.2 Å². The van der Waals surface area contributed by atoms with E-state index >= 15 is 0 Å². The molecule has 0 aromatic heterocycles. The topological polar surface area (TPSA) is 32.8 Å². The number of hydrogen-bond acceptors (Lipinski definition) is 3. The summed E-state index contributed by atoms with van der Waals surface area (Å²) in [5.41, 5.74) is 0.103. The van der Waals surface area contributed by atoms with E-state index in [-0.39, 0.29) is 11.8 Å². The molecule has 0 N–H and O–H groups in total. The molecule has 7 heteroatoms. The lowest BCUT2D eigenvalue weighted by atomic mass is 9.96. The lowest BCUT2D eigenvalue weighted by Gasteiger charge is -2.40. The molecule has 0 saturated carbocycles. The number of carbonyl (C=O) groups excluding carboxylic acids is 1. The fraction of sp³-hybridized carbons (Fsp3) is 0.650. The van der Waals surface area contributed by atoms with Crippen molar-refractivity contribution in [3.8, 4) is 0 Å². The molecule has 3 rings (SSSR count). The highest BCUT2D eigenvalue weighted by atomic mass is 19.4. The molecule has 1 atom stereocenters. The Morgan fingerprint density at radius 2 is 1.70 bits per heavy atom. The lowest BCUT2D eigenvalue weighted by Crippen LogP contribution is -2.53. The molecule has 0 aliphatic carbocycles. The Bertz CT molecular complexity index is 619. The Morgan fingerprint density at radius 3 is 2.26 bits per heavy atom. The minimum atomic E-state index is -4.33. The van der Waals surface area contributed by atoms with Gasteiger partial charge in [-0.25, -0.2) is 0 Å². The van der Waals surface area contributed by atoms with Crippen molar-refractivity contribution in [2.75, 3.05) is 39.4 Å². The van der Waals surface area contributed by atoms with Gasteiger partial charge in [0.25, 0.3) is 0 Å². The predicted molar refractivity (Wildman–Crippen MR) is 96.5 cm³/mol. The van der Waals surface area contributed by atoms with Gasteiger partial charge in [0.15, 0.2) is 0 Å². The van der Waals surface area contributed by atoms with Gasteiger partial charge >= 0.3 is 6.18 Å². The van der Waals surface area contributed by atoms with Crippen LogP contribution in [0.4, 0.5) is 13.2 Å². The van der Waals surface area contributed by atoms with Crippen LogP contribution in [0.25, 0.3) is 0 Å². The van der Waals surface area contributed by atoms with Crippen molar-refractivity contribution in [3.63, 3.8) is 0 Å². The van der Waals surface area contributed by atoms with Gasteiger partial charge in [0.2, 0.25) is 5.91 Å². The van der Waals surface area contributed by atoms with E-state index in [1.165, 1.54) is 12.1 Å². The molecular weight excluding hydrogens is 357 g/mol. The zero-order valence-corrected chi connectivity index (χ0v) is 15.7. The maximum absolute atomic E-state index is 12.7. The average molecular weight is 384 g/mol. The van der Waals surface area contributed by atoms with E-state index in [1.54, 1.807) is 0 Å². The van der Waals surface area contributed by atoms with Crippen molar-refractivity contribution in [1.82, 2.24) is 9.80 Å². The van der Waals surface area contributed by atoms with Gasteiger partial charge in [-0.2, -0.15) is 13.2 Å². The van der Waals surface area contributed by atoms with E-state index in [2.05, 4.69) is 4.90 Å². The lowest BCUT2D eigenvalue weighted by molar-refractivity contribution is -0.137. The molecule has 4 nitrogen and oxygen atoms in total. The van der Waals surface area contributed by atoms with Crippen LogP contribution in [0.5, 0.6) is 0 Å². The van der Waals surface area contributed by atoms with Crippen LogP contribution in [0.15, 0.2) is 24.3 Å². The second-order valence-electron chi connectivity index (χ2n) is 7.49. The van der Waals surface area contributed by atoms with E-state index in [0.29, 0.717) is 12.5 Å². The van der Waals surface area contributed by atoms with Crippen molar-refractivity contribution >= 4 is 5.91 Å². The first-order chi connectivity index (χ1) is 12.8. The highest BCUT2D eigenvalue weighted by Crippen LogP contribution is 2.31. The summed E-state index contributed by atoms with van der Waals surface area (Å²) in [5.74, 6) is -0.0256. The molecule has 1 aromatic carbocycles. The Kier molecular flexibility index (Phi) is 6.42. The minimum absolute atomic E-state index is 0.0778. The molecule has 150 valence electrons. The van der Waals surface area contributed by atoms with Crippen molar-refractivity contribution in [2.45, 2.75) is 44.3 Å². The summed E-state index contributed by atoms with van der Waals surface area (Å²) in [6.07, 6.45) is -1.90. The van der Waals surface area contributed by atoms with Crippen LogP contribution in [-0.4, -0.2) is 61.1 Å². The molecular formula is C20H27F3N2O2. The van der Waals surface area contributed by atoms with Crippen molar-refractivity contribution in [3.05, 3.63) is 35.4 Å². The molecule has 1 aromatic rings. The molecule has 1 amide bonds. The largest absolute Gasteiger partial charge is 0.416 e. The molecule has 1 unspecified atom stereocenters. The van der Waals surface area contributed by atoms with Gasteiger partial charge in [-0.05, 0) is 36.5 Å². The highest BCUT2D eigenvalue weighted by Gasteiger charge is 2.31. The van der Waals surface area contributed by atoms with Gasteiger partial charge in [0.1, 0.15) is 0 Å². The van der Waals surface area contributed by atoms with Crippen molar-refractivity contribution in [2.24, 2.45) is 0 Å². The SMILES string of the molecule is CC(CC(=O)N1CCN(C2CCOCC2)CC1)c1ccc(C(F)(F)F)cc1. The summed E-state index contributed by atoms with van der Waals surface area (Å²) < 4.78 is 43.4. The zero-order chi connectivity index (χ0) is 19.4. The van der Waals surface area contributed by atoms with Crippen LogP contribution in [0, 0.1) is 0 Å². The van der Waals surface area contributed by atoms with E-state index < -0.39 is 11.7 Å². The standard InChI is InChI=1S/C20H27F3N2O2/c1-15(16-2-4-17(5-3-16)20(21,22)23)14-19(26)25-10-8-24(9-11-25)18-6-12-27-13-7-18/h2-5,15,18H,6-14H2,1H3. The third-order valence-corrected chi connectivity index (χ3v) is 5.66. The molecule has 27 heavy (non-hydrogen) atoms. The number of benzene rings is 1. The summed E-state index contributed by atoms with van der Waals surface area (Å²) in [6, 6.07) is 5.68. The van der Waals surface area contributed by atoms with Gasteiger partial charge in [-0.15, -0.1) is 0 Å². The maximum Gasteiger partial charge on any atom is 0.416 e. The van der Waals surface area contributed by atoms with Crippen LogP contribution >= 0.6 is 0 Å². The number of alkyl halides is 3. The van der Waals surface area contributed by atoms with Crippen LogP contribution in [0.2, 0.25) is 0 Å². The average Bonchev–Trinajstić information content (AvgIpc) is 2.68. The molecule has 0 bridgehead atoms. The van der Waals surface area contributed by atoms with E-state index in [0.717, 1.165) is 69.9 Å². The van der Waals surface area contributed by atoms with Gasteiger partial charge < -0.3 is 9.64 Å². The summed E-state index contributed by atoms with van der Waals surface area (Å²) in [6.45, 7) is 6.71. The fourth-order valence-electron chi connectivity index (χ4n) is 3.90. The molecule has 2 aliphatic heterocycles. The van der Waals surface area contributed by atoms with E-state index in [4.69, 9.17) is 4.74 Å². The van der Waals surface area contributed by atoms with Crippen LogP contribution < -0.4 is 0 Å². The third-order valence-electron chi connectivity index (χ3n) is 5.66. The molecule has 0 radical (unpaired) electrons. The number of nitrogens with zero attached hydrogens (tertiary/aromatic N) is 2. The van der Waals surface area contributed by atoms with Crippen LogP contribution in [0.3, 0.4) is 0 Å². The summed E-state index contributed by atoms with van der Waals surface area (Å²) in [5, 5.41) is 0. The first kappa shape index (κ1) is 20.1. The first-order valence-corrected chi connectivity index (χ1v) is 9.61. The molecule has 2 fully saturated rings. The quantitative estimate of drug-likeness (QED) is 0.796. The van der Waals surface area contributed by atoms with Crippen molar-refractivity contribution in [1.29, 1.82) is 0 Å². The Labute approximate surface area is 158 Å². The fourth-order valence-corrected chi connectivity index (χ4v) is 3.90. The minimum Gasteiger partial charge on any atom is -0.381 e. The number of rotatable bonds is 4. The normalized spacial score (nSPS) is 21.3. The van der Waals surface area contributed by atoms with Gasteiger partial charge in [0.05, 0.1) is 5.56 Å². The number of hydrogen-bond donors (Lipinski definition) is 0. The second-order valence-corrected chi connectivity index (χ2v) is 7.49. The van der Waals surface area contributed by atoms with E-state index in [9.17, 15) is 18.0 Å². The Morgan fingerprint density at radius 1 is 1.11 bits per heavy atom. The monoisotopic (exact) mass is 384 g/mol. The predicted octanol–water partition coefficient (Wildman–Crippen LogP) is 3.52. The highest BCUT2D eigenvalue weighted by molar-refractivity contribution is 5.77.